The average Bonchev–Trinajstić information content (AvgIpc) is 2.17. The van der Waals surface area contributed by atoms with E-state index in [9.17, 15) is 0 Å². The molecule has 0 aliphatic rings. The summed E-state index contributed by atoms with van der Waals surface area (Å²) in [5.74, 6) is 1.21. The van der Waals surface area contributed by atoms with Gasteiger partial charge in [0.2, 0.25) is 0 Å². The zero-order valence-electron chi connectivity index (χ0n) is 8.67. The molecule has 0 aliphatic heterocycles. The van der Waals surface area contributed by atoms with Crippen LogP contribution in [-0.4, -0.2) is 12.2 Å². The Bertz CT molecular complexity index is 296. The average molecular weight is 259 g/mol. The first kappa shape index (κ1) is 11.5. The smallest absolute Gasteiger partial charge is 0.133 e. The first-order valence-corrected chi connectivity index (χ1v) is 5.36. The predicted molar refractivity (Wildman–Crippen MR) is 60.7 cm³/mol. The van der Waals surface area contributed by atoms with Crippen LogP contribution in [0.2, 0.25) is 0 Å². The normalized spacial score (nSPS) is 10.7. The van der Waals surface area contributed by atoms with Gasteiger partial charge in [-0.25, -0.2) is 0 Å². The zero-order valence-corrected chi connectivity index (χ0v) is 10.3. The number of ether oxygens (including phenoxy) is 1. The van der Waals surface area contributed by atoms with Gasteiger partial charge in [-0.05, 0) is 39.0 Å². The lowest BCUT2D eigenvalue weighted by atomic mass is 10.0. The summed E-state index contributed by atoms with van der Waals surface area (Å²) >= 11 is 3.40. The predicted octanol–water partition coefficient (Wildman–Crippen LogP) is 3.07. The summed E-state index contributed by atoms with van der Waals surface area (Å²) < 4.78 is 6.06. The second-order valence-electron chi connectivity index (χ2n) is 3.51. The first-order valence-electron chi connectivity index (χ1n) is 4.57. The Kier molecular flexibility index (Phi) is 3.96. The highest BCUT2D eigenvalue weighted by molar-refractivity contribution is 9.10. The van der Waals surface area contributed by atoms with Crippen molar-refractivity contribution in [1.82, 2.24) is 0 Å². The summed E-state index contributed by atoms with van der Waals surface area (Å²) in [5.41, 5.74) is 2.04. The molecule has 0 spiro atoms. The topological polar surface area (TPSA) is 29.5 Å². The minimum absolute atomic E-state index is 0.0253. The Labute approximate surface area is 93.0 Å². The molecule has 3 heteroatoms. The van der Waals surface area contributed by atoms with Gasteiger partial charge in [-0.1, -0.05) is 19.9 Å². The van der Waals surface area contributed by atoms with E-state index in [0.29, 0.717) is 5.92 Å². The number of hydrogen-bond donors (Lipinski definition) is 1. The largest absolute Gasteiger partial charge is 0.496 e. The van der Waals surface area contributed by atoms with E-state index in [1.165, 1.54) is 5.56 Å². The van der Waals surface area contributed by atoms with Crippen LogP contribution in [-0.2, 0) is 6.61 Å². The molecule has 0 bridgehead atoms. The zero-order chi connectivity index (χ0) is 10.7. The maximum Gasteiger partial charge on any atom is 0.133 e. The number of hydrogen-bond acceptors (Lipinski definition) is 2. The second kappa shape index (κ2) is 4.80. The van der Waals surface area contributed by atoms with Crippen molar-refractivity contribution in [2.45, 2.75) is 26.4 Å². The quantitative estimate of drug-likeness (QED) is 0.903. The van der Waals surface area contributed by atoms with Gasteiger partial charge in [-0.2, -0.15) is 0 Å². The highest BCUT2D eigenvalue weighted by Gasteiger charge is 2.10. The maximum atomic E-state index is 9.16. The summed E-state index contributed by atoms with van der Waals surface area (Å²) in [6.07, 6.45) is 0. The van der Waals surface area contributed by atoms with E-state index in [-0.39, 0.29) is 6.61 Å². The van der Waals surface area contributed by atoms with Crippen LogP contribution in [0.15, 0.2) is 16.6 Å². The molecule has 0 unspecified atom stereocenters. The molecule has 1 aromatic carbocycles. The van der Waals surface area contributed by atoms with Gasteiger partial charge >= 0.3 is 0 Å². The molecule has 0 saturated carbocycles. The van der Waals surface area contributed by atoms with Gasteiger partial charge in [0.15, 0.2) is 0 Å². The van der Waals surface area contributed by atoms with Crippen LogP contribution in [0.5, 0.6) is 5.75 Å². The number of aliphatic hydroxyl groups is 1. The van der Waals surface area contributed by atoms with Crippen LogP contribution in [0, 0.1) is 0 Å². The maximum absolute atomic E-state index is 9.16. The molecule has 1 N–H and O–H groups in total. The van der Waals surface area contributed by atoms with Crippen molar-refractivity contribution < 1.29 is 9.84 Å². The Morgan fingerprint density at radius 3 is 2.50 bits per heavy atom. The van der Waals surface area contributed by atoms with E-state index in [0.717, 1.165) is 15.8 Å². The number of aliphatic hydroxyl groups excluding tert-OH is 1. The highest BCUT2D eigenvalue weighted by Crippen LogP contribution is 2.32. The lowest BCUT2D eigenvalue weighted by molar-refractivity contribution is 0.280. The van der Waals surface area contributed by atoms with E-state index >= 15 is 0 Å². The molecule has 0 atom stereocenters. The van der Waals surface area contributed by atoms with Crippen molar-refractivity contribution in [2.75, 3.05) is 7.11 Å². The van der Waals surface area contributed by atoms with E-state index in [4.69, 9.17) is 9.84 Å². The summed E-state index contributed by atoms with van der Waals surface area (Å²) in [6, 6.07) is 3.99. The number of halogens is 1. The molecule has 0 fully saturated rings. The molecular weight excluding hydrogens is 244 g/mol. The van der Waals surface area contributed by atoms with E-state index in [2.05, 4.69) is 29.8 Å². The summed E-state index contributed by atoms with van der Waals surface area (Å²) in [5, 5.41) is 9.16. The van der Waals surface area contributed by atoms with Gasteiger partial charge in [0.25, 0.3) is 0 Å². The first-order chi connectivity index (χ1) is 6.60. The third kappa shape index (κ3) is 2.28. The fourth-order valence-electron chi connectivity index (χ4n) is 1.28. The molecule has 14 heavy (non-hydrogen) atoms. The molecule has 0 saturated heterocycles. The molecule has 0 aromatic heterocycles. The van der Waals surface area contributed by atoms with Crippen molar-refractivity contribution >= 4 is 15.9 Å². The summed E-state index contributed by atoms with van der Waals surface area (Å²) in [4.78, 5) is 0. The Balaban J connectivity index is 3.25. The minimum atomic E-state index is 0.0253. The SMILES string of the molecule is COc1cc(C(C)C)cc(CO)c1Br. The van der Waals surface area contributed by atoms with Crippen molar-refractivity contribution in [1.29, 1.82) is 0 Å². The van der Waals surface area contributed by atoms with E-state index in [1.54, 1.807) is 7.11 Å². The molecule has 78 valence electrons. The van der Waals surface area contributed by atoms with Crippen LogP contribution in [0.4, 0.5) is 0 Å². The van der Waals surface area contributed by atoms with Gasteiger partial charge in [-0.3, -0.25) is 0 Å². The van der Waals surface area contributed by atoms with Crippen molar-refractivity contribution in [3.8, 4) is 5.75 Å². The van der Waals surface area contributed by atoms with Gasteiger partial charge in [0, 0.05) is 0 Å². The van der Waals surface area contributed by atoms with Crippen LogP contribution in [0.3, 0.4) is 0 Å². The summed E-state index contributed by atoms with van der Waals surface area (Å²) in [6.45, 7) is 4.26. The van der Waals surface area contributed by atoms with Crippen molar-refractivity contribution in [3.05, 3.63) is 27.7 Å². The van der Waals surface area contributed by atoms with Crippen LogP contribution in [0.25, 0.3) is 0 Å². The molecule has 0 aliphatic carbocycles. The molecule has 2 nitrogen and oxygen atoms in total. The Morgan fingerprint density at radius 1 is 1.43 bits per heavy atom. The third-order valence-electron chi connectivity index (χ3n) is 2.19. The van der Waals surface area contributed by atoms with Gasteiger partial charge in [0.1, 0.15) is 5.75 Å². The minimum Gasteiger partial charge on any atom is -0.496 e. The van der Waals surface area contributed by atoms with E-state index in [1.807, 2.05) is 12.1 Å². The van der Waals surface area contributed by atoms with Crippen LogP contribution in [0.1, 0.15) is 30.9 Å². The fraction of sp³-hybridized carbons (Fsp3) is 0.455. The van der Waals surface area contributed by atoms with Gasteiger partial charge < -0.3 is 9.84 Å². The van der Waals surface area contributed by atoms with Crippen molar-refractivity contribution in [2.24, 2.45) is 0 Å². The lowest BCUT2D eigenvalue weighted by Crippen LogP contribution is -1.96. The third-order valence-corrected chi connectivity index (χ3v) is 3.09. The standard InChI is InChI=1S/C11H15BrO2/c1-7(2)8-4-9(6-13)11(12)10(5-8)14-3/h4-5,7,13H,6H2,1-3H3. The van der Waals surface area contributed by atoms with E-state index < -0.39 is 0 Å². The fourth-order valence-corrected chi connectivity index (χ4v) is 1.79. The molecular formula is C11H15BrO2. The highest BCUT2D eigenvalue weighted by atomic mass is 79.9. The second-order valence-corrected chi connectivity index (χ2v) is 4.30. The lowest BCUT2D eigenvalue weighted by Gasteiger charge is -2.12. The Morgan fingerprint density at radius 2 is 2.07 bits per heavy atom. The van der Waals surface area contributed by atoms with Gasteiger partial charge in [0.05, 0.1) is 18.2 Å². The molecule has 1 aromatic rings. The molecule has 1 rings (SSSR count). The number of benzene rings is 1. The van der Waals surface area contributed by atoms with Crippen LogP contribution < -0.4 is 4.74 Å². The number of methoxy groups -OCH3 is 1. The monoisotopic (exact) mass is 258 g/mol. The molecule has 0 heterocycles. The number of rotatable bonds is 3. The Hall–Kier alpha value is -0.540. The van der Waals surface area contributed by atoms with Crippen molar-refractivity contribution in [3.63, 3.8) is 0 Å². The molecule has 0 radical (unpaired) electrons. The molecule has 0 amide bonds. The summed E-state index contributed by atoms with van der Waals surface area (Å²) in [7, 11) is 1.63. The van der Waals surface area contributed by atoms with Gasteiger partial charge in [-0.15, -0.1) is 0 Å². The van der Waals surface area contributed by atoms with Crippen LogP contribution >= 0.6 is 15.9 Å².